The zero-order valence-electron chi connectivity index (χ0n) is 9.53. The van der Waals surface area contributed by atoms with Crippen LogP contribution in [0, 0.1) is 0 Å². The van der Waals surface area contributed by atoms with Crippen molar-refractivity contribution in [3.8, 4) is 0 Å². The fourth-order valence-corrected chi connectivity index (χ4v) is 1.90. The second-order valence-corrected chi connectivity index (χ2v) is 4.08. The Hall–Kier alpha value is -2.29. The smallest absolute Gasteiger partial charge is 0.335 e. The number of hydrogen-bond donors (Lipinski definition) is 5. The van der Waals surface area contributed by atoms with Gasteiger partial charge in [-0.25, -0.2) is 20.1 Å². The minimum Gasteiger partial charge on any atom is -0.478 e. The first-order chi connectivity index (χ1) is 9.04. The molecule has 0 aliphatic carbocycles. The van der Waals surface area contributed by atoms with Gasteiger partial charge in [-0.2, -0.15) is 0 Å². The predicted octanol–water partition coefficient (Wildman–Crippen LogP) is -0.390. The van der Waals surface area contributed by atoms with Crippen LogP contribution < -0.4 is 10.6 Å². The summed E-state index contributed by atoms with van der Waals surface area (Å²) >= 11 is 0. The van der Waals surface area contributed by atoms with E-state index in [2.05, 4.69) is 20.6 Å². The Kier molecular flexibility index (Phi) is 2.56. The topological polar surface area (TPSA) is 128 Å². The molecule has 0 spiro atoms. The predicted molar refractivity (Wildman–Crippen MR) is 64.2 cm³/mol. The Balaban J connectivity index is 2.18. The molecule has 0 bridgehead atoms. The van der Waals surface area contributed by atoms with Crippen LogP contribution >= 0.6 is 0 Å². The molecule has 2 atom stereocenters. The number of rotatable bonds is 1. The lowest BCUT2D eigenvalue weighted by Gasteiger charge is -2.26. The summed E-state index contributed by atoms with van der Waals surface area (Å²) < 4.78 is 0. The summed E-state index contributed by atoms with van der Waals surface area (Å²) in [6.45, 7) is 0. The van der Waals surface area contributed by atoms with E-state index in [-0.39, 0.29) is 17.1 Å². The van der Waals surface area contributed by atoms with E-state index in [0.29, 0.717) is 11.0 Å². The number of nitrogens with one attached hydrogen (secondary N) is 2. The third-order valence-electron chi connectivity index (χ3n) is 2.79. The van der Waals surface area contributed by atoms with Gasteiger partial charge in [0.05, 0.1) is 16.6 Å². The Morgan fingerprint density at radius 3 is 2.74 bits per heavy atom. The van der Waals surface area contributed by atoms with Crippen molar-refractivity contribution in [2.75, 3.05) is 5.32 Å². The SMILES string of the molecule is O=C(O)c1ccc2nc3c(nc2c1)C(O)NC(O)N3. The Morgan fingerprint density at radius 1 is 1.21 bits per heavy atom. The molecule has 2 unspecified atom stereocenters. The van der Waals surface area contributed by atoms with Crippen LogP contribution in [-0.4, -0.2) is 37.6 Å². The summed E-state index contributed by atoms with van der Waals surface area (Å²) in [6.07, 6.45) is -2.29. The fraction of sp³-hybridized carbons (Fsp3) is 0.182. The summed E-state index contributed by atoms with van der Waals surface area (Å²) in [6, 6.07) is 4.32. The lowest BCUT2D eigenvalue weighted by Crippen LogP contribution is -2.43. The molecule has 0 amide bonds. The average molecular weight is 262 g/mol. The van der Waals surface area contributed by atoms with Gasteiger partial charge in [0.15, 0.2) is 18.4 Å². The molecule has 3 rings (SSSR count). The van der Waals surface area contributed by atoms with Gasteiger partial charge in [-0.1, -0.05) is 0 Å². The first-order valence-corrected chi connectivity index (χ1v) is 5.48. The molecule has 1 aliphatic rings. The molecule has 19 heavy (non-hydrogen) atoms. The normalized spacial score (nSPS) is 21.8. The van der Waals surface area contributed by atoms with E-state index >= 15 is 0 Å². The molecule has 1 aromatic heterocycles. The molecule has 2 heterocycles. The number of nitrogens with zero attached hydrogens (tertiary/aromatic N) is 2. The van der Waals surface area contributed by atoms with Gasteiger partial charge < -0.3 is 20.6 Å². The number of fused-ring (bicyclic) bond motifs is 2. The molecule has 1 aromatic carbocycles. The molecule has 8 heteroatoms. The van der Waals surface area contributed by atoms with E-state index in [9.17, 15) is 15.0 Å². The minimum absolute atomic E-state index is 0.0907. The third kappa shape index (κ3) is 1.97. The fourth-order valence-electron chi connectivity index (χ4n) is 1.90. The van der Waals surface area contributed by atoms with Crippen molar-refractivity contribution in [2.45, 2.75) is 12.6 Å². The van der Waals surface area contributed by atoms with Gasteiger partial charge in [0.2, 0.25) is 0 Å². The number of aromatic carboxylic acids is 1. The third-order valence-corrected chi connectivity index (χ3v) is 2.79. The summed E-state index contributed by atoms with van der Waals surface area (Å²) in [5.41, 5.74) is 1.13. The number of benzene rings is 1. The van der Waals surface area contributed by atoms with Crippen molar-refractivity contribution < 1.29 is 20.1 Å². The van der Waals surface area contributed by atoms with Gasteiger partial charge in [-0.05, 0) is 18.2 Å². The highest BCUT2D eigenvalue weighted by Crippen LogP contribution is 2.25. The van der Waals surface area contributed by atoms with Gasteiger partial charge >= 0.3 is 5.97 Å². The average Bonchev–Trinajstić information content (AvgIpc) is 2.36. The number of aliphatic hydroxyl groups is 2. The van der Waals surface area contributed by atoms with E-state index < -0.39 is 18.5 Å². The van der Waals surface area contributed by atoms with E-state index in [1.165, 1.54) is 18.2 Å². The van der Waals surface area contributed by atoms with Crippen LogP contribution in [-0.2, 0) is 0 Å². The van der Waals surface area contributed by atoms with Crippen LogP contribution in [0.4, 0.5) is 5.82 Å². The maximum Gasteiger partial charge on any atom is 0.335 e. The van der Waals surface area contributed by atoms with Crippen molar-refractivity contribution in [1.82, 2.24) is 15.3 Å². The molecule has 0 saturated carbocycles. The largest absolute Gasteiger partial charge is 0.478 e. The molecule has 5 N–H and O–H groups in total. The maximum absolute atomic E-state index is 10.9. The standard InChI is InChI=1S/C11H10N4O4/c16-9-7-8(14-11(19)15-9)13-5-2-1-4(10(17)18)3-6(5)12-7/h1-3,9,11,15-16,19H,(H,13,14)(H,17,18). The van der Waals surface area contributed by atoms with Crippen molar-refractivity contribution in [3.63, 3.8) is 0 Å². The molecule has 8 nitrogen and oxygen atoms in total. The number of aliphatic hydroxyl groups excluding tert-OH is 2. The Labute approximate surface area is 106 Å². The number of anilines is 1. The van der Waals surface area contributed by atoms with Crippen LogP contribution in [0.25, 0.3) is 11.0 Å². The number of hydrogen-bond acceptors (Lipinski definition) is 7. The quantitative estimate of drug-likeness (QED) is 0.470. The Bertz CT molecular complexity index is 675. The molecular weight excluding hydrogens is 252 g/mol. The van der Waals surface area contributed by atoms with E-state index in [4.69, 9.17) is 5.11 Å². The first-order valence-electron chi connectivity index (χ1n) is 5.48. The van der Waals surface area contributed by atoms with Crippen LogP contribution in [0.1, 0.15) is 22.3 Å². The van der Waals surface area contributed by atoms with Gasteiger partial charge in [-0.15, -0.1) is 0 Å². The molecule has 0 saturated heterocycles. The molecule has 0 radical (unpaired) electrons. The van der Waals surface area contributed by atoms with Crippen LogP contribution in [0.3, 0.4) is 0 Å². The highest BCUT2D eigenvalue weighted by atomic mass is 16.4. The van der Waals surface area contributed by atoms with Crippen LogP contribution in [0.2, 0.25) is 0 Å². The van der Waals surface area contributed by atoms with E-state index in [1.807, 2.05) is 0 Å². The molecule has 2 aromatic rings. The second-order valence-electron chi connectivity index (χ2n) is 4.08. The van der Waals surface area contributed by atoms with E-state index in [0.717, 1.165) is 0 Å². The molecule has 1 aliphatic heterocycles. The highest BCUT2D eigenvalue weighted by molar-refractivity contribution is 5.92. The summed E-state index contributed by atoms with van der Waals surface area (Å²) in [5, 5.41) is 33.1. The minimum atomic E-state index is -1.17. The van der Waals surface area contributed by atoms with Gasteiger partial charge in [0.25, 0.3) is 0 Å². The molecule has 0 fully saturated rings. The van der Waals surface area contributed by atoms with Gasteiger partial charge in [0.1, 0.15) is 5.69 Å². The number of carboxylic acids is 1. The summed E-state index contributed by atoms with van der Waals surface area (Å²) in [5.74, 6) is -0.803. The van der Waals surface area contributed by atoms with Crippen molar-refractivity contribution in [1.29, 1.82) is 0 Å². The molecule has 98 valence electrons. The van der Waals surface area contributed by atoms with Crippen LogP contribution in [0.15, 0.2) is 18.2 Å². The zero-order chi connectivity index (χ0) is 13.6. The van der Waals surface area contributed by atoms with Crippen LogP contribution in [0.5, 0.6) is 0 Å². The number of carboxylic acid groups (broad SMARTS) is 1. The zero-order valence-corrected chi connectivity index (χ0v) is 9.53. The Morgan fingerprint density at radius 2 is 2.00 bits per heavy atom. The van der Waals surface area contributed by atoms with Crippen molar-refractivity contribution in [2.24, 2.45) is 0 Å². The lowest BCUT2D eigenvalue weighted by atomic mass is 10.2. The van der Waals surface area contributed by atoms with Gasteiger partial charge in [0, 0.05) is 0 Å². The van der Waals surface area contributed by atoms with Gasteiger partial charge in [-0.3, -0.25) is 0 Å². The maximum atomic E-state index is 10.9. The first kappa shape index (κ1) is 11.8. The lowest BCUT2D eigenvalue weighted by molar-refractivity contribution is 0.0455. The summed E-state index contributed by atoms with van der Waals surface area (Å²) in [7, 11) is 0. The second kappa shape index (κ2) is 4.12. The number of carbonyl (C=O) groups is 1. The number of aromatic nitrogens is 2. The monoisotopic (exact) mass is 262 g/mol. The highest BCUT2D eigenvalue weighted by Gasteiger charge is 2.25. The van der Waals surface area contributed by atoms with Crippen molar-refractivity contribution >= 4 is 22.8 Å². The van der Waals surface area contributed by atoms with Crippen molar-refractivity contribution in [3.05, 3.63) is 29.5 Å². The summed E-state index contributed by atoms with van der Waals surface area (Å²) in [4.78, 5) is 19.2. The molecular formula is C11H10N4O4. The van der Waals surface area contributed by atoms with E-state index in [1.54, 1.807) is 0 Å².